The van der Waals surface area contributed by atoms with E-state index in [4.69, 9.17) is 4.74 Å². The second-order valence-corrected chi connectivity index (χ2v) is 6.31. The highest BCUT2D eigenvalue weighted by Crippen LogP contribution is 2.20. The maximum atomic E-state index is 5.64. The Hall–Kier alpha value is -1.17. The molecule has 4 nitrogen and oxygen atoms in total. The molecule has 2 aromatic heterocycles. The maximum Gasteiger partial charge on any atom is 0.0524 e. The first-order valence-corrected chi connectivity index (χ1v) is 8.06. The number of fused-ring (bicyclic) bond motifs is 1. The van der Waals surface area contributed by atoms with E-state index in [0.717, 1.165) is 39.4 Å². The largest absolute Gasteiger partial charge is 0.381 e. The Morgan fingerprint density at radius 3 is 3.15 bits per heavy atom. The zero-order chi connectivity index (χ0) is 13.8. The molecule has 0 N–H and O–H groups in total. The highest BCUT2D eigenvalue weighted by atomic mass is 32.1. The van der Waals surface area contributed by atoms with Crippen LogP contribution in [0.2, 0.25) is 0 Å². The molecule has 3 rings (SSSR count). The van der Waals surface area contributed by atoms with Crippen LogP contribution >= 0.6 is 11.3 Å². The highest BCUT2D eigenvalue weighted by Gasteiger charge is 2.22. The van der Waals surface area contributed by atoms with Gasteiger partial charge in [-0.2, -0.15) is 5.10 Å². The van der Waals surface area contributed by atoms with Crippen molar-refractivity contribution in [1.82, 2.24) is 14.7 Å². The molecule has 3 heterocycles. The van der Waals surface area contributed by atoms with Gasteiger partial charge in [-0.15, -0.1) is 11.3 Å². The molecule has 0 aromatic carbocycles. The van der Waals surface area contributed by atoms with E-state index in [1.165, 1.54) is 10.6 Å². The van der Waals surface area contributed by atoms with Gasteiger partial charge < -0.3 is 4.74 Å². The van der Waals surface area contributed by atoms with Crippen LogP contribution in [0.3, 0.4) is 0 Å². The Balaban J connectivity index is 1.73. The first-order valence-electron chi connectivity index (χ1n) is 7.18. The van der Waals surface area contributed by atoms with Gasteiger partial charge >= 0.3 is 0 Å². The topological polar surface area (TPSA) is 30.3 Å². The van der Waals surface area contributed by atoms with Crippen molar-refractivity contribution in [2.24, 2.45) is 5.92 Å². The lowest BCUT2D eigenvalue weighted by Crippen LogP contribution is -2.29. The predicted molar refractivity (Wildman–Crippen MR) is 80.6 cm³/mol. The lowest BCUT2D eigenvalue weighted by Gasteiger charge is -2.23. The number of rotatable bonds is 5. The fraction of sp³-hybridized carbons (Fsp3) is 0.533. The molecule has 0 fully saturated rings. The van der Waals surface area contributed by atoms with Crippen molar-refractivity contribution in [2.45, 2.75) is 26.6 Å². The van der Waals surface area contributed by atoms with Crippen molar-refractivity contribution in [1.29, 1.82) is 0 Å². The summed E-state index contributed by atoms with van der Waals surface area (Å²) in [7, 11) is 0. The quantitative estimate of drug-likeness (QED) is 0.848. The number of hydrogen-bond donors (Lipinski definition) is 0. The van der Waals surface area contributed by atoms with E-state index in [1.54, 1.807) is 0 Å². The monoisotopic (exact) mass is 291 g/mol. The van der Waals surface area contributed by atoms with Crippen molar-refractivity contribution in [3.8, 4) is 0 Å². The third-order valence-electron chi connectivity index (χ3n) is 3.65. The summed E-state index contributed by atoms with van der Waals surface area (Å²) in [5.41, 5.74) is 1.31. The summed E-state index contributed by atoms with van der Waals surface area (Å²) in [4.78, 5) is 3.93. The number of thiophene rings is 1. The maximum absolute atomic E-state index is 5.64. The predicted octanol–water partition coefficient (Wildman–Crippen LogP) is 2.61. The SMILES string of the molecule is CCOCC1CN(Cc2cccs2)Cc2ccnn2C1. The van der Waals surface area contributed by atoms with Crippen LogP contribution in [0, 0.1) is 5.92 Å². The first kappa shape index (κ1) is 13.8. The fourth-order valence-electron chi connectivity index (χ4n) is 2.75. The zero-order valence-electron chi connectivity index (χ0n) is 11.9. The minimum atomic E-state index is 0.510. The van der Waals surface area contributed by atoms with Crippen LogP contribution in [0.1, 0.15) is 17.5 Å². The Bertz CT molecular complexity index is 523. The summed E-state index contributed by atoms with van der Waals surface area (Å²) in [6.45, 7) is 7.68. The third-order valence-corrected chi connectivity index (χ3v) is 4.52. The zero-order valence-corrected chi connectivity index (χ0v) is 12.7. The third kappa shape index (κ3) is 3.29. The van der Waals surface area contributed by atoms with E-state index in [-0.39, 0.29) is 0 Å². The molecule has 0 bridgehead atoms. The van der Waals surface area contributed by atoms with Gasteiger partial charge in [0.1, 0.15) is 0 Å². The summed E-state index contributed by atoms with van der Waals surface area (Å²) in [6.07, 6.45) is 1.90. The summed E-state index contributed by atoms with van der Waals surface area (Å²) < 4.78 is 7.78. The van der Waals surface area contributed by atoms with Gasteiger partial charge in [0, 0.05) is 49.8 Å². The Morgan fingerprint density at radius 2 is 2.35 bits per heavy atom. The molecule has 108 valence electrons. The van der Waals surface area contributed by atoms with Gasteiger partial charge in [0.25, 0.3) is 0 Å². The molecule has 2 aromatic rings. The molecule has 0 saturated heterocycles. The Morgan fingerprint density at radius 1 is 1.40 bits per heavy atom. The van der Waals surface area contributed by atoms with E-state index in [0.29, 0.717) is 5.92 Å². The van der Waals surface area contributed by atoms with Gasteiger partial charge in [-0.25, -0.2) is 0 Å². The fourth-order valence-corrected chi connectivity index (χ4v) is 3.50. The van der Waals surface area contributed by atoms with Crippen LogP contribution in [0.5, 0.6) is 0 Å². The first-order chi connectivity index (χ1) is 9.85. The molecule has 0 amide bonds. The summed E-state index contributed by atoms with van der Waals surface area (Å²) in [5, 5.41) is 6.59. The highest BCUT2D eigenvalue weighted by molar-refractivity contribution is 7.09. The van der Waals surface area contributed by atoms with Gasteiger partial charge in [-0.3, -0.25) is 9.58 Å². The second kappa shape index (κ2) is 6.52. The number of aromatic nitrogens is 2. The smallest absolute Gasteiger partial charge is 0.0524 e. The minimum Gasteiger partial charge on any atom is -0.381 e. The Kier molecular flexibility index (Phi) is 4.50. The average molecular weight is 291 g/mol. The standard InChI is InChI=1S/C15H21N3OS/c1-2-19-12-13-8-17(11-15-4-3-7-20-15)10-14-5-6-16-18(14)9-13/h3-7,13H,2,8-12H2,1H3. The summed E-state index contributed by atoms with van der Waals surface area (Å²) in [6, 6.07) is 6.47. The molecule has 0 radical (unpaired) electrons. The molecule has 1 atom stereocenters. The van der Waals surface area contributed by atoms with E-state index in [2.05, 4.69) is 45.2 Å². The van der Waals surface area contributed by atoms with Crippen molar-refractivity contribution >= 4 is 11.3 Å². The molecule has 0 aliphatic carbocycles. The van der Waals surface area contributed by atoms with Crippen LogP contribution < -0.4 is 0 Å². The van der Waals surface area contributed by atoms with Gasteiger partial charge in [0.2, 0.25) is 0 Å². The van der Waals surface area contributed by atoms with Crippen molar-refractivity contribution < 1.29 is 4.74 Å². The normalized spacial score (nSPS) is 19.8. The summed E-state index contributed by atoms with van der Waals surface area (Å²) in [5.74, 6) is 0.510. The molecule has 1 aliphatic rings. The molecule has 0 saturated carbocycles. The van der Waals surface area contributed by atoms with E-state index >= 15 is 0 Å². The molecule has 20 heavy (non-hydrogen) atoms. The molecule has 1 unspecified atom stereocenters. The molecule has 1 aliphatic heterocycles. The summed E-state index contributed by atoms with van der Waals surface area (Å²) >= 11 is 1.83. The second-order valence-electron chi connectivity index (χ2n) is 5.28. The van der Waals surface area contributed by atoms with Crippen LogP contribution in [-0.4, -0.2) is 34.4 Å². The van der Waals surface area contributed by atoms with Crippen LogP contribution in [0.15, 0.2) is 29.8 Å². The van der Waals surface area contributed by atoms with E-state index in [1.807, 2.05) is 17.5 Å². The molecular formula is C15H21N3OS. The van der Waals surface area contributed by atoms with Crippen molar-refractivity contribution in [3.05, 3.63) is 40.3 Å². The molecular weight excluding hydrogens is 270 g/mol. The van der Waals surface area contributed by atoms with Crippen molar-refractivity contribution in [2.75, 3.05) is 19.8 Å². The van der Waals surface area contributed by atoms with Gasteiger partial charge in [-0.1, -0.05) is 6.07 Å². The number of hydrogen-bond acceptors (Lipinski definition) is 4. The number of ether oxygens (including phenoxy) is 1. The van der Waals surface area contributed by atoms with Crippen LogP contribution in [0.4, 0.5) is 0 Å². The lowest BCUT2D eigenvalue weighted by molar-refractivity contribution is 0.0843. The van der Waals surface area contributed by atoms with E-state index < -0.39 is 0 Å². The molecule has 5 heteroatoms. The van der Waals surface area contributed by atoms with E-state index in [9.17, 15) is 0 Å². The minimum absolute atomic E-state index is 0.510. The van der Waals surface area contributed by atoms with Crippen molar-refractivity contribution in [3.63, 3.8) is 0 Å². The van der Waals surface area contributed by atoms with Gasteiger partial charge in [0.15, 0.2) is 0 Å². The Labute approximate surface area is 124 Å². The number of nitrogens with zero attached hydrogens (tertiary/aromatic N) is 3. The average Bonchev–Trinajstić information content (AvgIpc) is 3.06. The van der Waals surface area contributed by atoms with Crippen LogP contribution in [0.25, 0.3) is 0 Å². The molecule has 0 spiro atoms. The van der Waals surface area contributed by atoms with Gasteiger partial charge in [-0.05, 0) is 24.4 Å². The van der Waals surface area contributed by atoms with Gasteiger partial charge in [0.05, 0.1) is 12.3 Å². The lowest BCUT2D eigenvalue weighted by atomic mass is 10.1. The van der Waals surface area contributed by atoms with Crippen LogP contribution in [-0.2, 0) is 24.4 Å².